The van der Waals surface area contributed by atoms with Crippen LogP contribution in [-0.2, 0) is 9.53 Å². The minimum absolute atomic E-state index is 0.104. The molecule has 34 heavy (non-hydrogen) atoms. The fraction of sp³-hybridized carbons (Fsp3) is 0.969. The van der Waals surface area contributed by atoms with E-state index in [1.165, 1.54) is 148 Å². The highest BCUT2D eigenvalue weighted by molar-refractivity contribution is 5.72. The van der Waals surface area contributed by atoms with Gasteiger partial charge in [0.1, 0.15) is 0 Å². The third kappa shape index (κ3) is 24.6. The van der Waals surface area contributed by atoms with Gasteiger partial charge in [0.2, 0.25) is 0 Å². The van der Waals surface area contributed by atoms with E-state index in [9.17, 15) is 4.79 Å². The van der Waals surface area contributed by atoms with Crippen molar-refractivity contribution >= 4 is 5.97 Å². The van der Waals surface area contributed by atoms with E-state index in [2.05, 4.69) is 20.8 Å². The molecule has 0 spiro atoms. The third-order valence-electron chi connectivity index (χ3n) is 7.39. The van der Waals surface area contributed by atoms with Crippen LogP contribution in [0.2, 0.25) is 0 Å². The topological polar surface area (TPSA) is 26.3 Å². The molecule has 0 saturated carbocycles. The lowest BCUT2D eigenvalue weighted by Crippen LogP contribution is -2.18. The fourth-order valence-corrected chi connectivity index (χ4v) is 4.96. The van der Waals surface area contributed by atoms with Crippen LogP contribution in [-0.4, -0.2) is 12.6 Å². The molecular formula is C32H64O2. The number of hydrogen-bond acceptors (Lipinski definition) is 2. The largest absolute Gasteiger partial charge is 0.465 e. The first-order valence-electron chi connectivity index (χ1n) is 15.9. The van der Waals surface area contributed by atoms with Crippen molar-refractivity contribution in [2.45, 2.75) is 188 Å². The summed E-state index contributed by atoms with van der Waals surface area (Å²) in [5.74, 6) is 0.252. The van der Waals surface area contributed by atoms with Crippen molar-refractivity contribution in [2.75, 3.05) is 6.61 Å². The Morgan fingerprint density at radius 2 is 0.735 bits per heavy atom. The summed E-state index contributed by atoms with van der Waals surface area (Å²) in [6.07, 6.45) is 33.8. The Bertz CT molecular complexity index is 392. The zero-order valence-electron chi connectivity index (χ0n) is 24.0. The van der Waals surface area contributed by atoms with Crippen molar-refractivity contribution in [3.05, 3.63) is 0 Å². The van der Waals surface area contributed by atoms with Crippen LogP contribution < -0.4 is 0 Å². The molecule has 2 heteroatoms. The standard InChI is InChI=1S/C32H64O2/c1-4-7-10-13-16-18-19-20-23-26-29-31(28-25-22-15-12-9-6-3)32(33)34-30-27-24-21-17-14-11-8-5-2/h31H,4-30H2,1-3H3. The van der Waals surface area contributed by atoms with Crippen LogP contribution in [0.5, 0.6) is 0 Å². The Kier molecular flexibility index (Phi) is 28.3. The lowest BCUT2D eigenvalue weighted by atomic mass is 9.94. The van der Waals surface area contributed by atoms with E-state index in [0.717, 1.165) is 19.3 Å². The third-order valence-corrected chi connectivity index (χ3v) is 7.39. The molecule has 0 amide bonds. The molecule has 0 aromatic rings. The molecule has 0 aromatic carbocycles. The van der Waals surface area contributed by atoms with Crippen molar-refractivity contribution in [3.8, 4) is 0 Å². The van der Waals surface area contributed by atoms with Gasteiger partial charge < -0.3 is 4.74 Å². The SMILES string of the molecule is CCCCCCCCCCCCC(CCCCCCCC)C(=O)OCCCCCCCCCC. The molecule has 0 aliphatic heterocycles. The van der Waals surface area contributed by atoms with Crippen molar-refractivity contribution < 1.29 is 9.53 Å². The van der Waals surface area contributed by atoms with Gasteiger partial charge >= 0.3 is 5.97 Å². The lowest BCUT2D eigenvalue weighted by molar-refractivity contribution is -0.149. The number of esters is 1. The van der Waals surface area contributed by atoms with E-state index in [4.69, 9.17) is 4.74 Å². The molecule has 0 radical (unpaired) electrons. The summed E-state index contributed by atoms with van der Waals surface area (Å²) in [5, 5.41) is 0. The molecule has 1 atom stereocenters. The lowest BCUT2D eigenvalue weighted by Gasteiger charge is -2.16. The Morgan fingerprint density at radius 3 is 1.09 bits per heavy atom. The van der Waals surface area contributed by atoms with E-state index in [1.807, 2.05) is 0 Å². The van der Waals surface area contributed by atoms with Gasteiger partial charge in [-0.25, -0.2) is 0 Å². The number of carbonyl (C=O) groups excluding carboxylic acids is 1. The zero-order chi connectivity index (χ0) is 25.0. The summed E-state index contributed by atoms with van der Waals surface area (Å²) in [6, 6.07) is 0. The van der Waals surface area contributed by atoms with Crippen LogP contribution >= 0.6 is 0 Å². The summed E-state index contributed by atoms with van der Waals surface area (Å²) in [6.45, 7) is 7.46. The van der Waals surface area contributed by atoms with Crippen LogP contribution in [0.25, 0.3) is 0 Å². The summed E-state index contributed by atoms with van der Waals surface area (Å²) in [5.41, 5.74) is 0. The van der Waals surface area contributed by atoms with Gasteiger partial charge in [-0.05, 0) is 19.3 Å². The summed E-state index contributed by atoms with van der Waals surface area (Å²) < 4.78 is 5.75. The maximum absolute atomic E-state index is 12.8. The molecule has 0 N–H and O–H groups in total. The molecule has 0 saturated heterocycles. The van der Waals surface area contributed by atoms with Crippen molar-refractivity contribution in [1.29, 1.82) is 0 Å². The Balaban J connectivity index is 3.99. The number of rotatable bonds is 28. The molecule has 0 bridgehead atoms. The normalized spacial score (nSPS) is 12.2. The molecule has 0 heterocycles. The van der Waals surface area contributed by atoms with Gasteiger partial charge in [0.25, 0.3) is 0 Å². The van der Waals surface area contributed by atoms with Gasteiger partial charge in [-0.2, -0.15) is 0 Å². The van der Waals surface area contributed by atoms with E-state index in [0.29, 0.717) is 6.61 Å². The first-order chi connectivity index (χ1) is 16.8. The van der Waals surface area contributed by atoms with Crippen LogP contribution in [0.3, 0.4) is 0 Å². The highest BCUT2D eigenvalue weighted by Gasteiger charge is 2.19. The van der Waals surface area contributed by atoms with Gasteiger partial charge in [0.15, 0.2) is 0 Å². The fourth-order valence-electron chi connectivity index (χ4n) is 4.96. The molecule has 0 aliphatic carbocycles. The van der Waals surface area contributed by atoms with Crippen LogP contribution in [0.1, 0.15) is 188 Å². The molecule has 0 rings (SSSR count). The van der Waals surface area contributed by atoms with E-state index < -0.39 is 0 Å². The van der Waals surface area contributed by atoms with Gasteiger partial charge in [0.05, 0.1) is 12.5 Å². The smallest absolute Gasteiger partial charge is 0.308 e. The summed E-state index contributed by atoms with van der Waals surface area (Å²) in [7, 11) is 0. The minimum Gasteiger partial charge on any atom is -0.465 e. The van der Waals surface area contributed by atoms with Gasteiger partial charge in [-0.3, -0.25) is 4.79 Å². The predicted octanol–water partition coefficient (Wildman–Crippen LogP) is 11.3. The maximum atomic E-state index is 12.8. The molecule has 1 unspecified atom stereocenters. The van der Waals surface area contributed by atoms with Gasteiger partial charge in [0, 0.05) is 0 Å². The second kappa shape index (κ2) is 28.7. The molecular weight excluding hydrogens is 416 g/mol. The second-order valence-corrected chi connectivity index (χ2v) is 10.9. The van der Waals surface area contributed by atoms with Crippen LogP contribution in [0, 0.1) is 5.92 Å². The molecule has 0 aliphatic rings. The first-order valence-corrected chi connectivity index (χ1v) is 15.9. The molecule has 0 aromatic heterocycles. The second-order valence-electron chi connectivity index (χ2n) is 10.9. The van der Waals surface area contributed by atoms with Crippen molar-refractivity contribution in [2.24, 2.45) is 5.92 Å². The monoisotopic (exact) mass is 480 g/mol. The Labute approximate surface area is 215 Å². The van der Waals surface area contributed by atoms with E-state index in [-0.39, 0.29) is 11.9 Å². The van der Waals surface area contributed by atoms with Gasteiger partial charge in [-0.15, -0.1) is 0 Å². The van der Waals surface area contributed by atoms with Crippen LogP contribution in [0.15, 0.2) is 0 Å². The first kappa shape index (κ1) is 33.5. The van der Waals surface area contributed by atoms with Crippen molar-refractivity contribution in [1.82, 2.24) is 0 Å². The zero-order valence-corrected chi connectivity index (χ0v) is 24.0. The summed E-state index contributed by atoms with van der Waals surface area (Å²) in [4.78, 5) is 12.8. The number of hydrogen-bond donors (Lipinski definition) is 0. The van der Waals surface area contributed by atoms with Gasteiger partial charge in [-0.1, -0.05) is 168 Å². The summed E-state index contributed by atoms with van der Waals surface area (Å²) >= 11 is 0. The maximum Gasteiger partial charge on any atom is 0.308 e. The molecule has 0 fully saturated rings. The molecule has 204 valence electrons. The average Bonchev–Trinajstić information content (AvgIpc) is 2.84. The Hall–Kier alpha value is -0.530. The molecule has 2 nitrogen and oxygen atoms in total. The number of unbranched alkanes of at least 4 members (excludes halogenated alkanes) is 21. The average molecular weight is 481 g/mol. The highest BCUT2D eigenvalue weighted by Crippen LogP contribution is 2.21. The highest BCUT2D eigenvalue weighted by atomic mass is 16.5. The minimum atomic E-state index is 0.104. The quantitative estimate of drug-likeness (QED) is 0.0821. The van der Waals surface area contributed by atoms with E-state index >= 15 is 0 Å². The predicted molar refractivity (Wildman–Crippen MR) is 152 cm³/mol. The number of ether oxygens (including phenoxy) is 1. The van der Waals surface area contributed by atoms with E-state index in [1.54, 1.807) is 0 Å². The van der Waals surface area contributed by atoms with Crippen LogP contribution in [0.4, 0.5) is 0 Å². The number of carbonyl (C=O) groups is 1. The Morgan fingerprint density at radius 1 is 0.441 bits per heavy atom. The van der Waals surface area contributed by atoms with Crippen molar-refractivity contribution in [3.63, 3.8) is 0 Å².